The number of aromatic nitrogens is 2. The van der Waals surface area contributed by atoms with Gasteiger partial charge in [-0.1, -0.05) is 19.3 Å². The summed E-state index contributed by atoms with van der Waals surface area (Å²) in [4.78, 5) is 37.2. The lowest BCUT2D eigenvalue weighted by atomic mass is 10.0. The van der Waals surface area contributed by atoms with Crippen molar-refractivity contribution in [2.75, 3.05) is 26.2 Å². The van der Waals surface area contributed by atoms with E-state index in [9.17, 15) is 9.59 Å². The van der Waals surface area contributed by atoms with Crippen LogP contribution in [0.3, 0.4) is 0 Å². The molecule has 1 unspecified atom stereocenters. The molecule has 0 bridgehead atoms. The van der Waals surface area contributed by atoms with Crippen LogP contribution < -0.4 is 0 Å². The zero-order valence-corrected chi connectivity index (χ0v) is 15.1. The van der Waals surface area contributed by atoms with Crippen molar-refractivity contribution in [3.63, 3.8) is 0 Å². The quantitative estimate of drug-likeness (QED) is 0.844. The molecule has 2 fully saturated rings. The van der Waals surface area contributed by atoms with Gasteiger partial charge >= 0.3 is 0 Å². The van der Waals surface area contributed by atoms with Gasteiger partial charge in [0, 0.05) is 45.5 Å². The van der Waals surface area contributed by atoms with Gasteiger partial charge in [-0.2, -0.15) is 0 Å². The summed E-state index contributed by atoms with van der Waals surface area (Å²) in [6, 6.07) is 0. The van der Waals surface area contributed by atoms with E-state index in [1.165, 1.54) is 19.3 Å². The first-order valence-electron chi connectivity index (χ1n) is 9.50. The molecule has 2 saturated heterocycles. The predicted molar refractivity (Wildman–Crippen MR) is 95.1 cm³/mol. The summed E-state index contributed by atoms with van der Waals surface area (Å²) in [5.74, 6) is 0.504. The van der Waals surface area contributed by atoms with E-state index in [4.69, 9.17) is 0 Å². The fraction of sp³-hybridized carbons (Fsp3) is 0.684. The number of hydrogen-bond donors (Lipinski definition) is 0. The van der Waals surface area contributed by atoms with Crippen LogP contribution in [0.4, 0.5) is 0 Å². The first-order chi connectivity index (χ1) is 12.1. The number of carbonyl (C=O) groups is 2. The molecule has 1 aromatic rings. The number of carbonyl (C=O) groups excluding carboxylic acids is 2. The topological polar surface area (TPSA) is 66.4 Å². The van der Waals surface area contributed by atoms with E-state index in [1.54, 1.807) is 19.3 Å². The van der Waals surface area contributed by atoms with Crippen molar-refractivity contribution < 1.29 is 9.59 Å². The molecule has 6 nitrogen and oxygen atoms in total. The van der Waals surface area contributed by atoms with Crippen molar-refractivity contribution >= 4 is 11.8 Å². The average molecular weight is 344 g/mol. The lowest BCUT2D eigenvalue weighted by Crippen LogP contribution is -2.35. The average Bonchev–Trinajstić information content (AvgIpc) is 3.03. The Bertz CT molecular complexity index is 611. The molecule has 25 heavy (non-hydrogen) atoms. The number of amides is 2. The van der Waals surface area contributed by atoms with Crippen LogP contribution in [0, 0.1) is 5.92 Å². The zero-order valence-electron chi connectivity index (χ0n) is 15.1. The smallest absolute Gasteiger partial charge is 0.274 e. The SMILES string of the molecule is CC(=O)N1CCC(Cc2nccnc2C(=O)N2CCCCCCC2)C1. The van der Waals surface area contributed by atoms with E-state index in [-0.39, 0.29) is 11.8 Å². The maximum Gasteiger partial charge on any atom is 0.274 e. The highest BCUT2D eigenvalue weighted by Crippen LogP contribution is 2.22. The largest absolute Gasteiger partial charge is 0.343 e. The highest BCUT2D eigenvalue weighted by atomic mass is 16.2. The highest BCUT2D eigenvalue weighted by molar-refractivity contribution is 5.93. The molecule has 2 amide bonds. The molecule has 6 heteroatoms. The number of hydrogen-bond acceptors (Lipinski definition) is 4. The fourth-order valence-electron chi connectivity index (χ4n) is 3.85. The molecule has 1 aromatic heterocycles. The molecule has 2 aliphatic heterocycles. The minimum Gasteiger partial charge on any atom is -0.343 e. The summed E-state index contributed by atoms with van der Waals surface area (Å²) >= 11 is 0. The molecule has 1 atom stereocenters. The molecule has 0 radical (unpaired) electrons. The summed E-state index contributed by atoms with van der Waals surface area (Å²) in [5.41, 5.74) is 1.29. The van der Waals surface area contributed by atoms with E-state index < -0.39 is 0 Å². The summed E-state index contributed by atoms with van der Waals surface area (Å²) < 4.78 is 0. The lowest BCUT2D eigenvalue weighted by Gasteiger charge is -2.25. The standard InChI is InChI=1S/C19H28N4O2/c1-15(24)23-12-7-16(14-23)13-17-18(21-9-8-20-17)19(25)22-10-5-3-2-4-6-11-22/h8-9,16H,2-7,10-14H2,1H3. The Morgan fingerprint density at radius 1 is 1.00 bits per heavy atom. The molecule has 0 aromatic carbocycles. The Morgan fingerprint density at radius 2 is 1.68 bits per heavy atom. The molecule has 0 aliphatic carbocycles. The molecule has 2 aliphatic rings. The van der Waals surface area contributed by atoms with Gasteiger partial charge in [0.25, 0.3) is 5.91 Å². The first kappa shape index (κ1) is 17.8. The molecule has 0 spiro atoms. The van der Waals surface area contributed by atoms with Crippen LogP contribution in [-0.4, -0.2) is 57.8 Å². The van der Waals surface area contributed by atoms with Crippen molar-refractivity contribution in [2.45, 2.75) is 51.9 Å². The van der Waals surface area contributed by atoms with Crippen LogP contribution >= 0.6 is 0 Å². The third-order valence-electron chi connectivity index (χ3n) is 5.33. The van der Waals surface area contributed by atoms with Crippen LogP contribution in [0.25, 0.3) is 0 Å². The van der Waals surface area contributed by atoms with Crippen molar-refractivity contribution in [2.24, 2.45) is 5.92 Å². The monoisotopic (exact) mass is 344 g/mol. The third-order valence-corrected chi connectivity index (χ3v) is 5.33. The van der Waals surface area contributed by atoms with Gasteiger partial charge in [-0.25, -0.2) is 4.98 Å². The zero-order chi connectivity index (χ0) is 17.6. The normalized spacial score (nSPS) is 21.7. The second kappa shape index (κ2) is 8.41. The Kier molecular flexibility index (Phi) is 6.00. The Balaban J connectivity index is 1.69. The number of nitrogens with zero attached hydrogens (tertiary/aromatic N) is 4. The van der Waals surface area contributed by atoms with E-state index in [2.05, 4.69) is 9.97 Å². The van der Waals surface area contributed by atoms with Crippen LogP contribution in [0.2, 0.25) is 0 Å². The van der Waals surface area contributed by atoms with E-state index in [1.807, 2.05) is 9.80 Å². The Hall–Kier alpha value is -1.98. The lowest BCUT2D eigenvalue weighted by molar-refractivity contribution is -0.127. The summed E-state index contributed by atoms with van der Waals surface area (Å²) in [5, 5.41) is 0. The minimum absolute atomic E-state index is 0.0198. The fourth-order valence-corrected chi connectivity index (χ4v) is 3.85. The maximum absolute atomic E-state index is 13.0. The third kappa shape index (κ3) is 4.55. The van der Waals surface area contributed by atoms with Gasteiger partial charge in [0.05, 0.1) is 5.69 Å². The van der Waals surface area contributed by atoms with Crippen LogP contribution in [0.15, 0.2) is 12.4 Å². The molecule has 0 saturated carbocycles. The highest BCUT2D eigenvalue weighted by Gasteiger charge is 2.28. The van der Waals surface area contributed by atoms with Gasteiger partial charge in [0.1, 0.15) is 5.69 Å². The summed E-state index contributed by atoms with van der Waals surface area (Å²) in [7, 11) is 0. The van der Waals surface area contributed by atoms with Crippen molar-refractivity contribution in [3.8, 4) is 0 Å². The van der Waals surface area contributed by atoms with Crippen molar-refractivity contribution in [1.29, 1.82) is 0 Å². The van der Waals surface area contributed by atoms with Crippen LogP contribution in [-0.2, 0) is 11.2 Å². The first-order valence-corrected chi connectivity index (χ1v) is 9.50. The van der Waals surface area contributed by atoms with Gasteiger partial charge in [0.15, 0.2) is 0 Å². The molecule has 136 valence electrons. The van der Waals surface area contributed by atoms with E-state index >= 15 is 0 Å². The van der Waals surface area contributed by atoms with Gasteiger partial charge in [-0.05, 0) is 31.6 Å². The minimum atomic E-state index is 0.0198. The van der Waals surface area contributed by atoms with Gasteiger partial charge in [-0.15, -0.1) is 0 Å². The molecular weight excluding hydrogens is 316 g/mol. The number of rotatable bonds is 3. The van der Waals surface area contributed by atoms with E-state index in [0.29, 0.717) is 18.0 Å². The maximum atomic E-state index is 13.0. The second-order valence-corrected chi connectivity index (χ2v) is 7.24. The van der Waals surface area contributed by atoms with Gasteiger partial charge < -0.3 is 9.80 Å². The Morgan fingerprint density at radius 3 is 2.36 bits per heavy atom. The van der Waals surface area contributed by atoms with Crippen LogP contribution in [0.1, 0.15) is 61.6 Å². The summed E-state index contributed by atoms with van der Waals surface area (Å²) in [6.45, 7) is 4.80. The van der Waals surface area contributed by atoms with Crippen LogP contribution in [0.5, 0.6) is 0 Å². The molecular formula is C19H28N4O2. The molecule has 0 N–H and O–H groups in total. The van der Waals surface area contributed by atoms with Crippen molar-refractivity contribution in [1.82, 2.24) is 19.8 Å². The van der Waals surface area contributed by atoms with Gasteiger partial charge in [0.2, 0.25) is 5.91 Å². The van der Waals surface area contributed by atoms with Gasteiger partial charge in [-0.3, -0.25) is 14.6 Å². The van der Waals surface area contributed by atoms with E-state index in [0.717, 1.165) is 51.1 Å². The van der Waals surface area contributed by atoms with Crippen molar-refractivity contribution in [3.05, 3.63) is 23.8 Å². The molecule has 3 heterocycles. The predicted octanol–water partition coefficient (Wildman–Crippen LogP) is 2.29. The number of likely N-dealkylation sites (tertiary alicyclic amines) is 2. The molecule has 3 rings (SSSR count). The second-order valence-electron chi connectivity index (χ2n) is 7.24. The summed E-state index contributed by atoms with van der Waals surface area (Å²) in [6.07, 6.45) is 10.7. The Labute approximate surface area is 149 Å².